The molecule has 120 valence electrons. The highest BCUT2D eigenvalue weighted by Crippen LogP contribution is 2.11. The fourth-order valence-electron chi connectivity index (χ4n) is 2.74. The van der Waals surface area contributed by atoms with E-state index < -0.39 is 0 Å². The normalized spacial score (nSPS) is 11.2. The second kappa shape index (κ2) is 11.7. The van der Waals surface area contributed by atoms with E-state index in [-0.39, 0.29) is 5.82 Å². The molecular formula is C19H32FN. The summed E-state index contributed by atoms with van der Waals surface area (Å²) in [5.74, 6) is -0.130. The summed E-state index contributed by atoms with van der Waals surface area (Å²) >= 11 is 0. The number of benzene rings is 1. The summed E-state index contributed by atoms with van der Waals surface area (Å²) in [5, 5.41) is 3.68. The van der Waals surface area contributed by atoms with Gasteiger partial charge in [0.25, 0.3) is 0 Å². The van der Waals surface area contributed by atoms with Gasteiger partial charge in [-0.3, -0.25) is 0 Å². The van der Waals surface area contributed by atoms with Crippen LogP contribution in [0.3, 0.4) is 0 Å². The maximum Gasteiger partial charge on any atom is 0.123 e. The first-order chi connectivity index (χ1) is 10.3. The highest BCUT2D eigenvalue weighted by Gasteiger charge is 2.07. The van der Waals surface area contributed by atoms with Gasteiger partial charge in [-0.25, -0.2) is 4.39 Å². The van der Waals surface area contributed by atoms with Crippen molar-refractivity contribution < 1.29 is 4.39 Å². The molecule has 0 aliphatic rings. The van der Waals surface area contributed by atoms with Crippen LogP contribution in [-0.4, -0.2) is 12.6 Å². The van der Waals surface area contributed by atoms with Crippen molar-refractivity contribution in [2.24, 2.45) is 0 Å². The van der Waals surface area contributed by atoms with Gasteiger partial charge in [0.15, 0.2) is 0 Å². The minimum Gasteiger partial charge on any atom is -0.314 e. The van der Waals surface area contributed by atoms with Gasteiger partial charge in [0.05, 0.1) is 0 Å². The molecule has 0 amide bonds. The van der Waals surface area contributed by atoms with E-state index in [1.165, 1.54) is 57.4 Å². The average molecular weight is 293 g/mol. The van der Waals surface area contributed by atoms with Crippen LogP contribution in [0.2, 0.25) is 0 Å². The van der Waals surface area contributed by atoms with Crippen molar-refractivity contribution in [1.29, 1.82) is 0 Å². The lowest BCUT2D eigenvalue weighted by molar-refractivity contribution is 0.421. The standard InChI is InChI=1S/C19H32FN/c1-3-5-7-12-19(13-8-6-4-2)21-15-14-17-10-9-11-18(20)16-17/h9-11,16,19,21H,3-8,12-15H2,1-2H3. The van der Waals surface area contributed by atoms with E-state index in [2.05, 4.69) is 19.2 Å². The molecule has 0 fully saturated rings. The zero-order chi connectivity index (χ0) is 15.3. The van der Waals surface area contributed by atoms with E-state index in [0.717, 1.165) is 18.5 Å². The van der Waals surface area contributed by atoms with E-state index in [4.69, 9.17) is 0 Å². The van der Waals surface area contributed by atoms with Crippen molar-refractivity contribution in [1.82, 2.24) is 5.32 Å². The number of halogens is 1. The topological polar surface area (TPSA) is 12.0 Å². The van der Waals surface area contributed by atoms with Gasteiger partial charge >= 0.3 is 0 Å². The Morgan fingerprint density at radius 1 is 1.00 bits per heavy atom. The third-order valence-electron chi connectivity index (χ3n) is 4.05. The van der Waals surface area contributed by atoms with Crippen molar-refractivity contribution >= 4 is 0 Å². The van der Waals surface area contributed by atoms with E-state index in [0.29, 0.717) is 6.04 Å². The van der Waals surface area contributed by atoms with Crippen LogP contribution in [0.25, 0.3) is 0 Å². The monoisotopic (exact) mass is 293 g/mol. The molecule has 0 spiro atoms. The van der Waals surface area contributed by atoms with Gasteiger partial charge in [-0.05, 0) is 43.5 Å². The lowest BCUT2D eigenvalue weighted by Crippen LogP contribution is -2.31. The molecule has 0 atom stereocenters. The molecule has 0 saturated heterocycles. The summed E-state index contributed by atoms with van der Waals surface area (Å²) in [7, 11) is 0. The molecule has 0 aliphatic heterocycles. The minimum atomic E-state index is -0.130. The first-order valence-electron chi connectivity index (χ1n) is 8.74. The Balaban J connectivity index is 2.29. The molecule has 0 bridgehead atoms. The Morgan fingerprint density at radius 2 is 1.67 bits per heavy atom. The number of hydrogen-bond donors (Lipinski definition) is 1. The van der Waals surface area contributed by atoms with E-state index in [9.17, 15) is 4.39 Å². The Hall–Kier alpha value is -0.890. The summed E-state index contributed by atoms with van der Waals surface area (Å²) in [5.41, 5.74) is 1.09. The van der Waals surface area contributed by atoms with Crippen LogP contribution in [0.1, 0.15) is 70.8 Å². The predicted octanol–water partition coefficient (Wildman–Crippen LogP) is 5.49. The van der Waals surface area contributed by atoms with E-state index in [1.807, 2.05) is 6.07 Å². The van der Waals surface area contributed by atoms with Crippen LogP contribution in [0.15, 0.2) is 24.3 Å². The third kappa shape index (κ3) is 8.87. The van der Waals surface area contributed by atoms with Crippen molar-refractivity contribution in [2.45, 2.75) is 77.7 Å². The first kappa shape index (κ1) is 18.2. The molecule has 1 aromatic rings. The fraction of sp³-hybridized carbons (Fsp3) is 0.684. The Kier molecular flexibility index (Phi) is 10.1. The molecular weight excluding hydrogens is 261 g/mol. The largest absolute Gasteiger partial charge is 0.314 e. The molecule has 0 heterocycles. The lowest BCUT2D eigenvalue weighted by Gasteiger charge is -2.18. The summed E-state index contributed by atoms with van der Waals surface area (Å²) in [6.07, 6.45) is 11.3. The number of hydrogen-bond acceptors (Lipinski definition) is 1. The molecule has 0 unspecified atom stereocenters. The minimum absolute atomic E-state index is 0.130. The summed E-state index contributed by atoms with van der Waals surface area (Å²) in [6, 6.07) is 7.59. The van der Waals surface area contributed by atoms with E-state index in [1.54, 1.807) is 12.1 Å². The Morgan fingerprint density at radius 3 is 2.24 bits per heavy atom. The fourth-order valence-corrected chi connectivity index (χ4v) is 2.74. The second-order valence-corrected chi connectivity index (χ2v) is 6.02. The van der Waals surface area contributed by atoms with Crippen molar-refractivity contribution in [3.05, 3.63) is 35.6 Å². The zero-order valence-corrected chi connectivity index (χ0v) is 13.8. The van der Waals surface area contributed by atoms with Crippen molar-refractivity contribution in [2.75, 3.05) is 6.54 Å². The molecule has 2 heteroatoms. The van der Waals surface area contributed by atoms with Gasteiger partial charge in [-0.15, -0.1) is 0 Å². The van der Waals surface area contributed by atoms with Crippen LogP contribution in [0, 0.1) is 5.82 Å². The van der Waals surface area contributed by atoms with Gasteiger partial charge in [-0.1, -0.05) is 64.5 Å². The molecule has 1 nitrogen and oxygen atoms in total. The maximum atomic E-state index is 13.1. The maximum absolute atomic E-state index is 13.1. The van der Waals surface area contributed by atoms with Gasteiger partial charge < -0.3 is 5.32 Å². The van der Waals surface area contributed by atoms with Crippen LogP contribution < -0.4 is 5.32 Å². The van der Waals surface area contributed by atoms with Gasteiger partial charge in [0.2, 0.25) is 0 Å². The number of nitrogens with one attached hydrogen (secondary N) is 1. The predicted molar refractivity (Wildman–Crippen MR) is 90.2 cm³/mol. The molecule has 0 saturated carbocycles. The average Bonchev–Trinajstić information content (AvgIpc) is 2.47. The molecule has 0 aromatic heterocycles. The lowest BCUT2D eigenvalue weighted by atomic mass is 10.0. The van der Waals surface area contributed by atoms with Crippen LogP contribution in [0.4, 0.5) is 4.39 Å². The summed E-state index contributed by atoms with van der Waals surface area (Å²) in [4.78, 5) is 0. The smallest absolute Gasteiger partial charge is 0.123 e. The number of rotatable bonds is 12. The van der Waals surface area contributed by atoms with Gasteiger partial charge in [-0.2, -0.15) is 0 Å². The summed E-state index contributed by atoms with van der Waals surface area (Å²) in [6.45, 7) is 5.46. The Labute approximate surface area is 130 Å². The van der Waals surface area contributed by atoms with Crippen molar-refractivity contribution in [3.63, 3.8) is 0 Å². The van der Waals surface area contributed by atoms with Crippen LogP contribution in [0.5, 0.6) is 0 Å². The van der Waals surface area contributed by atoms with E-state index >= 15 is 0 Å². The van der Waals surface area contributed by atoms with Gasteiger partial charge in [0, 0.05) is 6.04 Å². The highest BCUT2D eigenvalue weighted by atomic mass is 19.1. The molecule has 0 radical (unpaired) electrons. The third-order valence-corrected chi connectivity index (χ3v) is 4.05. The van der Waals surface area contributed by atoms with Crippen molar-refractivity contribution in [3.8, 4) is 0 Å². The second-order valence-electron chi connectivity index (χ2n) is 6.02. The van der Waals surface area contributed by atoms with Gasteiger partial charge in [0.1, 0.15) is 5.82 Å². The molecule has 1 rings (SSSR count). The highest BCUT2D eigenvalue weighted by molar-refractivity contribution is 5.16. The first-order valence-corrected chi connectivity index (χ1v) is 8.74. The van der Waals surface area contributed by atoms with Crippen LogP contribution >= 0.6 is 0 Å². The molecule has 0 aliphatic carbocycles. The SMILES string of the molecule is CCCCCC(CCCCC)NCCc1cccc(F)c1. The molecule has 1 aromatic carbocycles. The number of unbranched alkanes of at least 4 members (excludes halogenated alkanes) is 4. The van der Waals surface area contributed by atoms with Crippen LogP contribution in [-0.2, 0) is 6.42 Å². The zero-order valence-electron chi connectivity index (χ0n) is 13.8. The molecule has 1 N–H and O–H groups in total. The Bertz CT molecular complexity index is 354. The quantitative estimate of drug-likeness (QED) is 0.503. The molecule has 21 heavy (non-hydrogen) atoms. The summed E-state index contributed by atoms with van der Waals surface area (Å²) < 4.78 is 13.1.